The monoisotopic (exact) mass is 547 g/mol. The normalized spacial score (nSPS) is 10.4. The number of ether oxygens (including phenoxy) is 2. The van der Waals surface area contributed by atoms with Crippen molar-refractivity contribution in [2.24, 2.45) is 0 Å². The molecule has 2 amide bonds. The summed E-state index contributed by atoms with van der Waals surface area (Å²) in [7, 11) is 0. The van der Waals surface area contributed by atoms with Crippen LogP contribution in [0, 0.1) is 17.0 Å². The zero-order valence-corrected chi connectivity index (χ0v) is 22.6. The van der Waals surface area contributed by atoms with Crippen LogP contribution in [0.2, 0.25) is 0 Å². The van der Waals surface area contributed by atoms with Crippen molar-refractivity contribution in [2.45, 2.75) is 46.1 Å². The SMILES string of the molecule is CCOC(=O)CCCCCOc1cc(C)ccc1CNC(=O)c1ccc(NC(=O)c2ccccc2[N+](=O)[O-])cc1. The molecule has 3 aromatic rings. The van der Waals surface area contributed by atoms with Gasteiger partial charge < -0.3 is 20.1 Å². The summed E-state index contributed by atoms with van der Waals surface area (Å²) >= 11 is 0. The molecule has 0 spiro atoms. The van der Waals surface area contributed by atoms with Crippen molar-refractivity contribution < 1.29 is 28.8 Å². The summed E-state index contributed by atoms with van der Waals surface area (Å²) in [6.45, 7) is 4.89. The number of benzene rings is 3. The number of nitro benzene ring substituents is 1. The molecule has 0 unspecified atom stereocenters. The van der Waals surface area contributed by atoms with Crippen LogP contribution in [0.1, 0.15) is 64.4 Å². The van der Waals surface area contributed by atoms with E-state index in [0.717, 1.165) is 30.4 Å². The Morgan fingerprint density at radius 3 is 2.40 bits per heavy atom. The molecule has 0 saturated carbocycles. The van der Waals surface area contributed by atoms with E-state index >= 15 is 0 Å². The van der Waals surface area contributed by atoms with Crippen LogP contribution in [-0.4, -0.2) is 35.9 Å². The summed E-state index contributed by atoms with van der Waals surface area (Å²) in [5.41, 5.74) is 2.31. The van der Waals surface area contributed by atoms with Crippen molar-refractivity contribution in [2.75, 3.05) is 18.5 Å². The first kappa shape index (κ1) is 29.8. The number of carbonyl (C=O) groups excluding carboxylic acids is 3. The second-order valence-electron chi connectivity index (χ2n) is 9.06. The summed E-state index contributed by atoms with van der Waals surface area (Å²) in [6.07, 6.45) is 2.78. The second kappa shape index (κ2) is 15.0. The molecule has 0 heterocycles. The highest BCUT2D eigenvalue weighted by atomic mass is 16.6. The van der Waals surface area contributed by atoms with Gasteiger partial charge in [0.25, 0.3) is 17.5 Å². The molecule has 0 saturated heterocycles. The second-order valence-corrected chi connectivity index (χ2v) is 9.06. The number of hydrogen-bond acceptors (Lipinski definition) is 7. The third-order valence-corrected chi connectivity index (χ3v) is 6.00. The Morgan fingerprint density at radius 1 is 0.925 bits per heavy atom. The van der Waals surface area contributed by atoms with Crippen LogP contribution in [0.4, 0.5) is 11.4 Å². The molecule has 3 aromatic carbocycles. The van der Waals surface area contributed by atoms with Crippen LogP contribution in [0.25, 0.3) is 0 Å². The Balaban J connectivity index is 1.51. The number of hydrogen-bond donors (Lipinski definition) is 2. The highest BCUT2D eigenvalue weighted by molar-refractivity contribution is 6.07. The molecule has 0 fully saturated rings. The Labute approximate surface area is 232 Å². The number of nitro groups is 1. The first-order chi connectivity index (χ1) is 19.3. The molecule has 0 aliphatic carbocycles. The zero-order chi connectivity index (χ0) is 28.9. The van der Waals surface area contributed by atoms with Gasteiger partial charge in [-0.2, -0.15) is 0 Å². The quantitative estimate of drug-likeness (QED) is 0.116. The maximum Gasteiger partial charge on any atom is 0.305 e. The minimum Gasteiger partial charge on any atom is -0.493 e. The smallest absolute Gasteiger partial charge is 0.305 e. The number of nitrogens with one attached hydrogen (secondary N) is 2. The van der Waals surface area contributed by atoms with Crippen molar-refractivity contribution in [3.05, 3.63) is 99.1 Å². The summed E-state index contributed by atoms with van der Waals surface area (Å²) in [6, 6.07) is 17.7. The summed E-state index contributed by atoms with van der Waals surface area (Å²) in [5, 5.41) is 16.7. The first-order valence-corrected chi connectivity index (χ1v) is 13.1. The van der Waals surface area contributed by atoms with Crippen molar-refractivity contribution in [3.63, 3.8) is 0 Å². The average Bonchev–Trinajstić information content (AvgIpc) is 2.94. The lowest BCUT2D eigenvalue weighted by molar-refractivity contribution is -0.385. The molecule has 2 N–H and O–H groups in total. The fourth-order valence-electron chi connectivity index (χ4n) is 3.91. The zero-order valence-electron chi connectivity index (χ0n) is 22.6. The molecule has 10 nitrogen and oxygen atoms in total. The number of unbranched alkanes of at least 4 members (excludes halogenated alkanes) is 2. The third kappa shape index (κ3) is 8.93. The molecule has 40 heavy (non-hydrogen) atoms. The molecule has 10 heteroatoms. The highest BCUT2D eigenvalue weighted by Crippen LogP contribution is 2.22. The maximum absolute atomic E-state index is 12.8. The van der Waals surface area contributed by atoms with Gasteiger partial charge in [0.1, 0.15) is 11.3 Å². The van der Waals surface area contributed by atoms with Gasteiger partial charge in [-0.3, -0.25) is 24.5 Å². The summed E-state index contributed by atoms with van der Waals surface area (Å²) < 4.78 is 10.9. The molecule has 0 radical (unpaired) electrons. The molecule has 0 atom stereocenters. The minimum atomic E-state index is -0.615. The van der Waals surface area contributed by atoms with Crippen LogP contribution >= 0.6 is 0 Å². The van der Waals surface area contributed by atoms with Gasteiger partial charge in [-0.1, -0.05) is 24.3 Å². The maximum atomic E-state index is 12.8. The van der Waals surface area contributed by atoms with E-state index in [1.54, 1.807) is 37.3 Å². The number of anilines is 1. The predicted molar refractivity (Wildman–Crippen MR) is 150 cm³/mol. The summed E-state index contributed by atoms with van der Waals surface area (Å²) in [4.78, 5) is 47.3. The van der Waals surface area contributed by atoms with Crippen LogP contribution in [0.3, 0.4) is 0 Å². The lowest BCUT2D eigenvalue weighted by Crippen LogP contribution is -2.23. The van der Waals surface area contributed by atoms with Gasteiger partial charge in [0, 0.05) is 35.8 Å². The first-order valence-electron chi connectivity index (χ1n) is 13.1. The lowest BCUT2D eigenvalue weighted by Gasteiger charge is -2.14. The van der Waals surface area contributed by atoms with Gasteiger partial charge in [-0.25, -0.2) is 0 Å². The van der Waals surface area contributed by atoms with E-state index in [1.807, 2.05) is 25.1 Å². The molecule has 0 aromatic heterocycles. The number of carbonyl (C=O) groups is 3. The Kier molecular flexibility index (Phi) is 11.2. The summed E-state index contributed by atoms with van der Waals surface area (Å²) in [5.74, 6) is -0.408. The fraction of sp³-hybridized carbons (Fsp3) is 0.300. The number of para-hydroxylation sites is 1. The van der Waals surface area contributed by atoms with E-state index in [-0.39, 0.29) is 29.7 Å². The molecule has 3 rings (SSSR count). The van der Waals surface area contributed by atoms with Crippen molar-refractivity contribution >= 4 is 29.2 Å². The topological polar surface area (TPSA) is 137 Å². The number of amides is 2. The van der Waals surface area contributed by atoms with E-state index in [1.165, 1.54) is 18.2 Å². The van der Waals surface area contributed by atoms with Crippen molar-refractivity contribution in [1.29, 1.82) is 0 Å². The molecule has 0 aliphatic rings. The Hall–Kier alpha value is -4.73. The highest BCUT2D eigenvalue weighted by Gasteiger charge is 2.19. The van der Waals surface area contributed by atoms with Crippen molar-refractivity contribution in [3.8, 4) is 5.75 Å². The third-order valence-electron chi connectivity index (χ3n) is 6.00. The van der Waals surface area contributed by atoms with Gasteiger partial charge >= 0.3 is 5.97 Å². The van der Waals surface area contributed by atoms with E-state index in [9.17, 15) is 24.5 Å². The lowest BCUT2D eigenvalue weighted by atomic mass is 10.1. The van der Waals surface area contributed by atoms with E-state index in [2.05, 4.69) is 10.6 Å². The van der Waals surface area contributed by atoms with Crippen LogP contribution in [-0.2, 0) is 16.1 Å². The van der Waals surface area contributed by atoms with Crippen LogP contribution < -0.4 is 15.4 Å². The number of esters is 1. The van der Waals surface area contributed by atoms with Gasteiger partial charge in [0.2, 0.25) is 0 Å². The molecular weight excluding hydrogens is 514 g/mol. The van der Waals surface area contributed by atoms with E-state index in [0.29, 0.717) is 36.6 Å². The minimum absolute atomic E-state index is 0.0536. The molecule has 0 bridgehead atoms. The largest absolute Gasteiger partial charge is 0.493 e. The van der Waals surface area contributed by atoms with Gasteiger partial charge in [-0.05, 0) is 75.1 Å². The predicted octanol–water partition coefficient (Wildman–Crippen LogP) is 5.59. The fourth-order valence-corrected chi connectivity index (χ4v) is 3.91. The average molecular weight is 548 g/mol. The standard InChI is InChI=1S/C30H33N3O7/c1-3-39-28(34)11-5-4-8-18-40-27-19-21(2)12-13-23(27)20-31-29(35)22-14-16-24(17-15-22)32-30(36)25-9-6-7-10-26(25)33(37)38/h6-7,9-10,12-17,19H,3-5,8,11,18,20H2,1-2H3,(H,31,35)(H,32,36). The van der Waals surface area contributed by atoms with Gasteiger partial charge in [0.15, 0.2) is 0 Å². The van der Waals surface area contributed by atoms with Crippen LogP contribution in [0.5, 0.6) is 5.75 Å². The Morgan fingerprint density at radius 2 is 1.68 bits per heavy atom. The number of rotatable bonds is 14. The molecule has 210 valence electrons. The van der Waals surface area contributed by atoms with E-state index < -0.39 is 10.8 Å². The molecular formula is C30H33N3O7. The van der Waals surface area contributed by atoms with Gasteiger partial charge in [0.05, 0.1) is 18.1 Å². The van der Waals surface area contributed by atoms with Gasteiger partial charge in [-0.15, -0.1) is 0 Å². The van der Waals surface area contributed by atoms with Crippen LogP contribution in [0.15, 0.2) is 66.7 Å². The number of aryl methyl sites for hydroxylation is 1. The molecule has 0 aliphatic heterocycles. The van der Waals surface area contributed by atoms with E-state index in [4.69, 9.17) is 9.47 Å². The van der Waals surface area contributed by atoms with Crippen molar-refractivity contribution in [1.82, 2.24) is 5.32 Å². The Bertz CT molecular complexity index is 1340. The number of nitrogens with zero attached hydrogens (tertiary/aromatic N) is 1.